The number of carbonyl (C=O) groups is 1. The molecule has 0 unspecified atom stereocenters. The molecule has 4 aromatic rings. The van der Waals surface area contributed by atoms with Crippen LogP contribution in [0.5, 0.6) is 5.75 Å². The molecule has 0 saturated carbocycles. The second-order valence-corrected chi connectivity index (χ2v) is 6.86. The first-order chi connectivity index (χ1) is 13.6. The zero-order valence-corrected chi connectivity index (χ0v) is 16.3. The Labute approximate surface area is 173 Å². The molecule has 0 spiro atoms. The first kappa shape index (κ1) is 19.0. The summed E-state index contributed by atoms with van der Waals surface area (Å²) in [4.78, 5) is 22.3. The summed E-state index contributed by atoms with van der Waals surface area (Å²) >= 11 is 0. The van der Waals surface area contributed by atoms with Crippen molar-refractivity contribution in [3.63, 3.8) is 0 Å². The number of hydrogen-bond donors (Lipinski definition) is 2. The van der Waals surface area contributed by atoms with Crippen LogP contribution in [0, 0.1) is 5.82 Å². The third-order valence-electron chi connectivity index (χ3n) is 5.15. The highest BCUT2D eigenvalue weighted by Gasteiger charge is 2.36. The van der Waals surface area contributed by atoms with Crippen molar-refractivity contribution in [1.82, 2.24) is 14.9 Å². The van der Waals surface area contributed by atoms with Crippen LogP contribution in [0.2, 0.25) is 0 Å². The molecule has 146 valence electrons. The average Bonchev–Trinajstić information content (AvgIpc) is 3.27. The van der Waals surface area contributed by atoms with Crippen molar-refractivity contribution < 1.29 is 14.3 Å². The summed E-state index contributed by atoms with van der Waals surface area (Å²) in [7, 11) is 0. The highest BCUT2D eigenvalue weighted by Crippen LogP contribution is 2.39. The summed E-state index contributed by atoms with van der Waals surface area (Å²) < 4.78 is 14.0. The lowest BCUT2D eigenvalue weighted by molar-refractivity contribution is 0.0726. The number of H-pyrrole nitrogens is 1. The van der Waals surface area contributed by atoms with Gasteiger partial charge >= 0.3 is 0 Å². The maximum Gasteiger partial charge on any atom is 0.255 e. The molecule has 1 amide bonds. The summed E-state index contributed by atoms with van der Waals surface area (Å²) in [6, 6.07) is 16.1. The van der Waals surface area contributed by atoms with Gasteiger partial charge in [-0.2, -0.15) is 13.5 Å². The summed E-state index contributed by atoms with van der Waals surface area (Å²) in [5, 5.41) is 11.3. The monoisotopic (exact) mass is 407 g/mol. The molecule has 1 aliphatic heterocycles. The lowest BCUT2D eigenvalue weighted by atomic mass is 10.0. The highest BCUT2D eigenvalue weighted by atomic mass is 32.1. The van der Waals surface area contributed by atoms with Crippen LogP contribution in [-0.2, 0) is 6.54 Å². The van der Waals surface area contributed by atoms with Crippen LogP contribution in [0.3, 0.4) is 0 Å². The molecule has 5 rings (SSSR count). The molecule has 29 heavy (non-hydrogen) atoms. The van der Waals surface area contributed by atoms with E-state index >= 15 is 0 Å². The lowest BCUT2D eigenvalue weighted by Gasteiger charge is -2.28. The molecule has 0 radical (unpaired) electrons. The fourth-order valence-corrected chi connectivity index (χ4v) is 3.86. The SMILES string of the molecule is O=C1c2ccccc2CN1[C@H](c1cc2cccnc2[nH]1)c1cc(F)ccc1O.S. The Morgan fingerprint density at radius 1 is 1.10 bits per heavy atom. The average molecular weight is 407 g/mol. The van der Waals surface area contributed by atoms with E-state index in [9.17, 15) is 14.3 Å². The van der Waals surface area contributed by atoms with Crippen molar-refractivity contribution in [3.05, 3.63) is 95.1 Å². The van der Waals surface area contributed by atoms with Crippen molar-refractivity contribution in [1.29, 1.82) is 0 Å². The van der Waals surface area contributed by atoms with Gasteiger partial charge in [-0.1, -0.05) is 18.2 Å². The number of aromatic hydroxyl groups is 1. The minimum absolute atomic E-state index is 0. The molecule has 0 saturated heterocycles. The number of phenolic OH excluding ortho intramolecular Hbond substituents is 1. The number of hydrogen-bond acceptors (Lipinski definition) is 3. The van der Waals surface area contributed by atoms with Gasteiger partial charge in [0.15, 0.2) is 0 Å². The number of aromatic nitrogens is 2. The van der Waals surface area contributed by atoms with E-state index < -0.39 is 11.9 Å². The number of aromatic amines is 1. The number of pyridine rings is 1. The molecular formula is C22H18FN3O2S. The van der Waals surface area contributed by atoms with E-state index in [4.69, 9.17) is 0 Å². The van der Waals surface area contributed by atoms with E-state index in [-0.39, 0.29) is 25.2 Å². The second kappa shape index (κ2) is 7.25. The zero-order chi connectivity index (χ0) is 19.3. The number of fused-ring (bicyclic) bond motifs is 2. The van der Waals surface area contributed by atoms with Crippen LogP contribution in [0.25, 0.3) is 11.0 Å². The van der Waals surface area contributed by atoms with Gasteiger partial charge in [0.25, 0.3) is 5.91 Å². The molecule has 1 atom stereocenters. The van der Waals surface area contributed by atoms with Gasteiger partial charge in [-0.3, -0.25) is 4.79 Å². The Hall–Kier alpha value is -3.32. The largest absolute Gasteiger partial charge is 0.508 e. The molecule has 5 nitrogen and oxygen atoms in total. The molecular weight excluding hydrogens is 389 g/mol. The molecule has 2 aromatic carbocycles. The minimum atomic E-state index is -0.676. The van der Waals surface area contributed by atoms with Gasteiger partial charge in [0.1, 0.15) is 23.3 Å². The van der Waals surface area contributed by atoms with Crippen molar-refractivity contribution in [2.75, 3.05) is 0 Å². The Balaban J connectivity index is 0.00000205. The predicted molar refractivity (Wildman–Crippen MR) is 113 cm³/mol. The van der Waals surface area contributed by atoms with Gasteiger partial charge in [0, 0.05) is 34.9 Å². The van der Waals surface area contributed by atoms with Crippen LogP contribution in [-0.4, -0.2) is 25.9 Å². The van der Waals surface area contributed by atoms with Gasteiger partial charge in [0.05, 0.1) is 0 Å². The van der Waals surface area contributed by atoms with Crippen LogP contribution < -0.4 is 0 Å². The van der Waals surface area contributed by atoms with E-state index in [0.717, 1.165) is 10.9 Å². The number of nitrogens with one attached hydrogen (secondary N) is 1. The van der Waals surface area contributed by atoms with Gasteiger partial charge in [-0.05, 0) is 48.0 Å². The van der Waals surface area contributed by atoms with E-state index in [0.29, 0.717) is 29.0 Å². The number of carbonyl (C=O) groups excluding carboxylic acids is 1. The third kappa shape index (κ3) is 3.13. The van der Waals surface area contributed by atoms with Gasteiger partial charge < -0.3 is 15.0 Å². The third-order valence-corrected chi connectivity index (χ3v) is 5.15. The van der Waals surface area contributed by atoms with E-state index in [1.54, 1.807) is 17.2 Å². The normalized spacial score (nSPS) is 14.0. The number of amides is 1. The summed E-state index contributed by atoms with van der Waals surface area (Å²) in [6.45, 7) is 0.373. The number of nitrogens with zero attached hydrogens (tertiary/aromatic N) is 2. The van der Waals surface area contributed by atoms with Crippen molar-refractivity contribution >= 4 is 30.4 Å². The topological polar surface area (TPSA) is 69.2 Å². The van der Waals surface area contributed by atoms with E-state index in [1.807, 2.05) is 36.4 Å². The summed E-state index contributed by atoms with van der Waals surface area (Å²) in [5.41, 5.74) is 3.19. The number of halogens is 1. The molecule has 7 heteroatoms. The molecule has 3 heterocycles. The van der Waals surface area contributed by atoms with Crippen molar-refractivity contribution in [2.45, 2.75) is 12.6 Å². The van der Waals surface area contributed by atoms with Crippen molar-refractivity contribution in [3.8, 4) is 5.75 Å². The van der Waals surface area contributed by atoms with Gasteiger partial charge in [-0.15, -0.1) is 0 Å². The fraction of sp³-hybridized carbons (Fsp3) is 0.0909. The molecule has 2 aromatic heterocycles. The molecule has 0 fully saturated rings. The predicted octanol–water partition coefficient (Wildman–Crippen LogP) is 4.27. The smallest absolute Gasteiger partial charge is 0.255 e. The Morgan fingerprint density at radius 2 is 1.93 bits per heavy atom. The van der Waals surface area contributed by atoms with E-state index in [2.05, 4.69) is 9.97 Å². The molecule has 2 N–H and O–H groups in total. The van der Waals surface area contributed by atoms with Crippen molar-refractivity contribution in [2.24, 2.45) is 0 Å². The minimum Gasteiger partial charge on any atom is -0.508 e. The summed E-state index contributed by atoms with van der Waals surface area (Å²) in [5.74, 6) is -0.700. The Kier molecular flexibility index (Phi) is 4.76. The number of rotatable bonds is 3. The van der Waals surface area contributed by atoms with Crippen LogP contribution in [0.1, 0.15) is 33.2 Å². The molecule has 0 aliphatic carbocycles. The Bertz CT molecular complexity index is 1190. The van der Waals surface area contributed by atoms with E-state index in [1.165, 1.54) is 18.2 Å². The summed E-state index contributed by atoms with van der Waals surface area (Å²) in [6.07, 6.45) is 1.67. The quantitative estimate of drug-likeness (QED) is 0.533. The fourth-order valence-electron chi connectivity index (χ4n) is 3.86. The lowest BCUT2D eigenvalue weighted by Crippen LogP contribution is -2.30. The first-order valence-electron chi connectivity index (χ1n) is 8.93. The standard InChI is InChI=1S/C22H16FN3O2.H2S/c23-15-7-8-19(27)17(11-15)20(18-10-13-5-3-9-24-21(13)25-18)26-12-14-4-1-2-6-16(14)22(26)28;/h1-11,20,27H,12H2,(H,24,25);1H2/t20-;/m0./s1. The Morgan fingerprint density at radius 3 is 2.72 bits per heavy atom. The van der Waals surface area contributed by atoms with Crippen LogP contribution in [0.4, 0.5) is 4.39 Å². The molecule has 0 bridgehead atoms. The number of benzene rings is 2. The first-order valence-corrected chi connectivity index (χ1v) is 8.93. The van der Waals surface area contributed by atoms with Crippen LogP contribution in [0.15, 0.2) is 66.9 Å². The highest BCUT2D eigenvalue weighted by molar-refractivity contribution is 7.59. The van der Waals surface area contributed by atoms with Gasteiger partial charge in [-0.25, -0.2) is 9.37 Å². The molecule has 1 aliphatic rings. The maximum atomic E-state index is 14.0. The number of phenols is 1. The van der Waals surface area contributed by atoms with Gasteiger partial charge in [0.2, 0.25) is 0 Å². The van der Waals surface area contributed by atoms with Crippen LogP contribution >= 0.6 is 13.5 Å². The zero-order valence-electron chi connectivity index (χ0n) is 15.3. The maximum absolute atomic E-state index is 14.0. The second-order valence-electron chi connectivity index (χ2n) is 6.86.